The molecular weight excluding hydrogens is 502 g/mol. The van der Waals surface area contributed by atoms with E-state index >= 15 is 0 Å². The van der Waals surface area contributed by atoms with Crippen LogP contribution in [0, 0.1) is 17.2 Å². The number of nitrogens with zero attached hydrogens (tertiary/aromatic N) is 2. The molecule has 2 fully saturated rings. The minimum absolute atomic E-state index is 0.0251. The van der Waals surface area contributed by atoms with Gasteiger partial charge in [0.2, 0.25) is 17.7 Å². The van der Waals surface area contributed by atoms with Gasteiger partial charge in [-0.15, -0.1) is 0 Å². The van der Waals surface area contributed by atoms with Crippen molar-refractivity contribution >= 4 is 29.7 Å². The first kappa shape index (κ1) is 27.8. The molecule has 0 aromatic heterocycles. The number of nitrogens with one attached hydrogen (secondary N) is 1. The SMILES string of the molecule is CCCCN1C(=O)C2C(c3ccc(C(=N)N)cc3)N(CCC(N)=O)C(Cc3ccccc3)(OC(=O)O)C2C1=O. The van der Waals surface area contributed by atoms with Crippen LogP contribution in [-0.4, -0.2) is 63.4 Å². The van der Waals surface area contributed by atoms with Crippen LogP contribution >= 0.6 is 0 Å². The number of rotatable bonds is 11. The van der Waals surface area contributed by atoms with Crippen LogP contribution in [0.4, 0.5) is 4.79 Å². The first-order chi connectivity index (χ1) is 18.6. The average molecular weight is 536 g/mol. The number of carbonyl (C=O) groups is 4. The molecule has 4 rings (SSSR count). The fraction of sp³-hybridized carbons (Fsp3) is 0.393. The quantitative estimate of drug-likeness (QED) is 0.146. The number of amides is 3. The highest BCUT2D eigenvalue weighted by Crippen LogP contribution is 2.56. The van der Waals surface area contributed by atoms with Crippen molar-refractivity contribution in [2.75, 3.05) is 13.1 Å². The van der Waals surface area contributed by atoms with Crippen LogP contribution in [0.1, 0.15) is 48.9 Å². The number of imide groups is 1. The summed E-state index contributed by atoms with van der Waals surface area (Å²) in [5.74, 6) is -3.78. The van der Waals surface area contributed by atoms with Crippen LogP contribution in [-0.2, 0) is 25.5 Å². The van der Waals surface area contributed by atoms with Crippen molar-refractivity contribution in [2.24, 2.45) is 23.3 Å². The lowest BCUT2D eigenvalue weighted by Gasteiger charge is -2.42. The summed E-state index contributed by atoms with van der Waals surface area (Å²) in [6.45, 7) is 2.12. The first-order valence-electron chi connectivity index (χ1n) is 12.9. The van der Waals surface area contributed by atoms with Gasteiger partial charge in [-0.25, -0.2) is 4.79 Å². The maximum atomic E-state index is 14.0. The van der Waals surface area contributed by atoms with E-state index in [0.29, 0.717) is 23.1 Å². The highest BCUT2D eigenvalue weighted by atomic mass is 16.7. The largest absolute Gasteiger partial charge is 0.507 e. The molecule has 206 valence electrons. The molecule has 39 heavy (non-hydrogen) atoms. The van der Waals surface area contributed by atoms with Crippen molar-refractivity contribution in [1.29, 1.82) is 5.41 Å². The Morgan fingerprint density at radius 1 is 1.03 bits per heavy atom. The monoisotopic (exact) mass is 535 g/mol. The molecule has 0 aliphatic carbocycles. The van der Waals surface area contributed by atoms with Gasteiger partial charge in [-0.2, -0.15) is 0 Å². The summed E-state index contributed by atoms with van der Waals surface area (Å²) in [5.41, 5.74) is 11.1. The van der Waals surface area contributed by atoms with Gasteiger partial charge in [0.1, 0.15) is 11.8 Å². The van der Waals surface area contributed by atoms with E-state index in [9.17, 15) is 24.3 Å². The second kappa shape index (κ2) is 11.2. The Bertz CT molecular complexity index is 1270. The standard InChI is InChI=1S/C28H33N5O6/c1-2-3-14-32-25(35)21-22(26(32)36)28(39-27(37)38,16-17-7-5-4-6-8-17)33(15-13-20(29)34)23(21)18-9-11-19(12-10-18)24(30)31/h4-12,21-23H,2-3,13-16H2,1H3,(H2,29,34)(H3,30,31)(H,37,38). The van der Waals surface area contributed by atoms with Crippen LogP contribution < -0.4 is 11.5 Å². The molecular formula is C28H33N5O6. The summed E-state index contributed by atoms with van der Waals surface area (Å²) in [7, 11) is 0. The van der Waals surface area contributed by atoms with Crippen LogP contribution in [0.15, 0.2) is 54.6 Å². The minimum Gasteiger partial charge on any atom is -0.450 e. The van der Waals surface area contributed by atoms with Crippen LogP contribution in [0.2, 0.25) is 0 Å². The normalized spacial score (nSPS) is 24.5. The van der Waals surface area contributed by atoms with E-state index in [2.05, 4.69) is 0 Å². The predicted octanol–water partition coefficient (Wildman–Crippen LogP) is 2.24. The minimum atomic E-state index is -1.79. The molecule has 11 nitrogen and oxygen atoms in total. The van der Waals surface area contributed by atoms with E-state index in [1.54, 1.807) is 53.4 Å². The molecule has 2 aliphatic rings. The molecule has 4 atom stereocenters. The third kappa shape index (κ3) is 5.22. The van der Waals surface area contributed by atoms with Crippen LogP contribution in [0.25, 0.3) is 0 Å². The molecule has 2 aromatic carbocycles. The van der Waals surface area contributed by atoms with Gasteiger partial charge < -0.3 is 21.3 Å². The Morgan fingerprint density at radius 3 is 2.26 bits per heavy atom. The van der Waals surface area contributed by atoms with Gasteiger partial charge in [0.15, 0.2) is 5.72 Å². The van der Waals surface area contributed by atoms with Gasteiger partial charge in [-0.3, -0.25) is 29.6 Å². The number of nitrogen functional groups attached to an aromatic ring is 1. The number of amidine groups is 1. The zero-order valence-corrected chi connectivity index (χ0v) is 21.7. The summed E-state index contributed by atoms with van der Waals surface area (Å²) in [6.07, 6.45) is -0.417. The number of primary amides is 1. The lowest BCUT2D eigenvalue weighted by Crippen LogP contribution is -2.57. The molecule has 0 spiro atoms. The van der Waals surface area contributed by atoms with Gasteiger partial charge >= 0.3 is 6.16 Å². The highest BCUT2D eigenvalue weighted by molar-refractivity contribution is 6.07. The van der Waals surface area contributed by atoms with Crippen molar-refractivity contribution in [3.05, 3.63) is 71.3 Å². The number of hydrogen-bond donors (Lipinski definition) is 4. The number of ether oxygens (including phenoxy) is 1. The Morgan fingerprint density at radius 2 is 1.69 bits per heavy atom. The van der Waals surface area contributed by atoms with Gasteiger partial charge in [-0.05, 0) is 17.5 Å². The van der Waals surface area contributed by atoms with Gasteiger partial charge in [-0.1, -0.05) is 67.9 Å². The third-order valence-corrected chi connectivity index (χ3v) is 7.55. The molecule has 2 saturated heterocycles. The molecule has 6 N–H and O–H groups in total. The maximum Gasteiger partial charge on any atom is 0.507 e. The lowest BCUT2D eigenvalue weighted by atomic mass is 9.82. The first-order valence-corrected chi connectivity index (χ1v) is 12.9. The summed E-state index contributed by atoms with van der Waals surface area (Å²) in [4.78, 5) is 54.9. The Kier molecular flexibility index (Phi) is 8.01. The lowest BCUT2D eigenvalue weighted by molar-refractivity contribution is -0.161. The summed E-state index contributed by atoms with van der Waals surface area (Å²) >= 11 is 0. The van der Waals surface area contributed by atoms with Crippen molar-refractivity contribution in [3.8, 4) is 0 Å². The molecule has 0 saturated carbocycles. The summed E-state index contributed by atoms with van der Waals surface area (Å²) in [6, 6.07) is 14.8. The van der Waals surface area contributed by atoms with Gasteiger partial charge in [0.25, 0.3) is 0 Å². The zero-order chi connectivity index (χ0) is 28.3. The number of nitrogens with two attached hydrogens (primary N) is 2. The van der Waals surface area contributed by atoms with E-state index in [1.807, 2.05) is 13.0 Å². The Balaban J connectivity index is 1.94. The number of carboxylic acid groups (broad SMARTS) is 1. The van der Waals surface area contributed by atoms with E-state index in [1.165, 1.54) is 4.90 Å². The molecule has 4 unspecified atom stereocenters. The number of carbonyl (C=O) groups excluding carboxylic acids is 3. The molecule has 2 heterocycles. The van der Waals surface area contributed by atoms with Crippen molar-refractivity contribution in [1.82, 2.24) is 9.80 Å². The average Bonchev–Trinajstić information content (AvgIpc) is 3.30. The molecule has 0 radical (unpaired) electrons. The van der Waals surface area contributed by atoms with Gasteiger partial charge in [0, 0.05) is 31.5 Å². The van der Waals surface area contributed by atoms with E-state index in [0.717, 1.165) is 6.42 Å². The molecule has 0 bridgehead atoms. The van der Waals surface area contributed by atoms with Crippen molar-refractivity contribution in [3.63, 3.8) is 0 Å². The number of likely N-dealkylation sites (tertiary alicyclic amines) is 2. The molecule has 3 amide bonds. The molecule has 2 aromatic rings. The van der Waals surface area contributed by atoms with Crippen molar-refractivity contribution in [2.45, 2.75) is 44.4 Å². The Labute approximate surface area is 226 Å². The third-order valence-electron chi connectivity index (χ3n) is 7.55. The predicted molar refractivity (Wildman–Crippen MR) is 141 cm³/mol. The molecule has 11 heteroatoms. The second-order valence-corrected chi connectivity index (χ2v) is 9.95. The zero-order valence-electron chi connectivity index (χ0n) is 21.7. The fourth-order valence-corrected chi connectivity index (χ4v) is 5.90. The van der Waals surface area contributed by atoms with E-state index in [-0.39, 0.29) is 31.8 Å². The van der Waals surface area contributed by atoms with E-state index in [4.69, 9.17) is 21.6 Å². The fourth-order valence-electron chi connectivity index (χ4n) is 5.90. The number of hydrogen-bond acceptors (Lipinski definition) is 7. The maximum absolute atomic E-state index is 14.0. The van der Waals surface area contributed by atoms with Crippen LogP contribution in [0.5, 0.6) is 0 Å². The number of unbranched alkanes of at least 4 members (excludes halogenated alkanes) is 1. The number of fused-ring (bicyclic) bond motifs is 1. The van der Waals surface area contributed by atoms with E-state index < -0.39 is 47.5 Å². The topological polar surface area (TPSA) is 180 Å². The van der Waals surface area contributed by atoms with Gasteiger partial charge in [0.05, 0.1) is 12.0 Å². The summed E-state index contributed by atoms with van der Waals surface area (Å²) < 4.78 is 5.68. The highest BCUT2D eigenvalue weighted by Gasteiger charge is 2.71. The Hall–Kier alpha value is -4.25. The van der Waals surface area contributed by atoms with Crippen LogP contribution in [0.3, 0.4) is 0 Å². The summed E-state index contributed by atoms with van der Waals surface area (Å²) in [5, 5.41) is 17.7. The van der Waals surface area contributed by atoms with Crippen molar-refractivity contribution < 1.29 is 29.0 Å². The molecule has 2 aliphatic heterocycles. The number of benzene rings is 2. The smallest absolute Gasteiger partial charge is 0.450 e. The second-order valence-electron chi connectivity index (χ2n) is 9.95.